The van der Waals surface area contributed by atoms with Crippen LogP contribution in [0.25, 0.3) is 0 Å². The maximum absolute atomic E-state index is 12.3. The number of ether oxygens (including phenoxy) is 1. The number of anilines is 2. The minimum Gasteiger partial charge on any atom is -0.494 e. The molecule has 110 valence electrons. The number of hydrogen-bond donors (Lipinski definition) is 2. The first kappa shape index (κ1) is 14.8. The molecule has 2 rings (SSSR count). The van der Waals surface area contributed by atoms with Crippen LogP contribution < -0.4 is 15.8 Å². The SMILES string of the molecule is CCOc1cc(N)cc(C(=O)Nc2cc(C)cc(C)n2)c1. The molecular formula is C16H19N3O2. The highest BCUT2D eigenvalue weighted by molar-refractivity contribution is 6.04. The molecule has 1 amide bonds. The highest BCUT2D eigenvalue weighted by atomic mass is 16.5. The second-order valence-electron chi connectivity index (χ2n) is 4.85. The quantitative estimate of drug-likeness (QED) is 0.847. The maximum atomic E-state index is 12.3. The van der Waals surface area contributed by atoms with Gasteiger partial charge in [0.25, 0.3) is 5.91 Å². The Morgan fingerprint density at radius 2 is 2.00 bits per heavy atom. The van der Waals surface area contributed by atoms with Gasteiger partial charge in [0.2, 0.25) is 0 Å². The van der Waals surface area contributed by atoms with E-state index in [1.165, 1.54) is 0 Å². The number of nitrogens with zero attached hydrogens (tertiary/aromatic N) is 1. The number of benzene rings is 1. The van der Waals surface area contributed by atoms with Crippen molar-refractivity contribution < 1.29 is 9.53 Å². The summed E-state index contributed by atoms with van der Waals surface area (Å²) < 4.78 is 5.39. The fourth-order valence-corrected chi connectivity index (χ4v) is 2.10. The summed E-state index contributed by atoms with van der Waals surface area (Å²) in [6, 6.07) is 8.73. The second-order valence-corrected chi connectivity index (χ2v) is 4.85. The van der Waals surface area contributed by atoms with Gasteiger partial charge in [0.1, 0.15) is 11.6 Å². The smallest absolute Gasteiger partial charge is 0.257 e. The van der Waals surface area contributed by atoms with Crippen molar-refractivity contribution in [3.63, 3.8) is 0 Å². The Morgan fingerprint density at radius 1 is 1.24 bits per heavy atom. The van der Waals surface area contributed by atoms with Gasteiger partial charge in [-0.3, -0.25) is 4.79 Å². The van der Waals surface area contributed by atoms with Crippen molar-refractivity contribution in [3.8, 4) is 5.75 Å². The van der Waals surface area contributed by atoms with Gasteiger partial charge in [0.15, 0.2) is 0 Å². The third-order valence-corrected chi connectivity index (χ3v) is 2.84. The van der Waals surface area contributed by atoms with Gasteiger partial charge in [-0.05, 0) is 50.6 Å². The Labute approximate surface area is 124 Å². The summed E-state index contributed by atoms with van der Waals surface area (Å²) in [5.41, 5.74) is 8.62. The molecule has 3 N–H and O–H groups in total. The number of aromatic nitrogens is 1. The maximum Gasteiger partial charge on any atom is 0.257 e. The lowest BCUT2D eigenvalue weighted by atomic mass is 10.1. The zero-order valence-electron chi connectivity index (χ0n) is 12.4. The number of carbonyl (C=O) groups excluding carboxylic acids is 1. The first-order valence-corrected chi connectivity index (χ1v) is 6.78. The van der Waals surface area contributed by atoms with Crippen molar-refractivity contribution in [1.29, 1.82) is 0 Å². The lowest BCUT2D eigenvalue weighted by Gasteiger charge is -2.09. The van der Waals surface area contributed by atoms with Crippen molar-refractivity contribution in [2.24, 2.45) is 0 Å². The molecule has 0 aliphatic rings. The molecular weight excluding hydrogens is 266 g/mol. The van der Waals surface area contributed by atoms with Gasteiger partial charge in [-0.1, -0.05) is 0 Å². The molecule has 0 saturated carbocycles. The first-order chi connectivity index (χ1) is 9.97. The van der Waals surface area contributed by atoms with Crippen LogP contribution in [0.3, 0.4) is 0 Å². The van der Waals surface area contributed by atoms with Crippen LogP contribution in [0.1, 0.15) is 28.5 Å². The molecule has 1 aromatic carbocycles. The fourth-order valence-electron chi connectivity index (χ4n) is 2.10. The van der Waals surface area contributed by atoms with E-state index in [0.717, 1.165) is 11.3 Å². The van der Waals surface area contributed by atoms with Crippen LogP contribution in [0.4, 0.5) is 11.5 Å². The molecule has 2 aromatic rings. The molecule has 0 spiro atoms. The molecule has 1 heterocycles. The third-order valence-electron chi connectivity index (χ3n) is 2.84. The number of nitrogens with one attached hydrogen (secondary N) is 1. The van der Waals surface area contributed by atoms with Gasteiger partial charge < -0.3 is 15.8 Å². The molecule has 0 saturated heterocycles. The number of hydrogen-bond acceptors (Lipinski definition) is 4. The van der Waals surface area contributed by atoms with Crippen molar-refractivity contribution in [3.05, 3.63) is 47.2 Å². The average molecular weight is 285 g/mol. The summed E-state index contributed by atoms with van der Waals surface area (Å²) in [4.78, 5) is 16.6. The van der Waals surface area contributed by atoms with Crippen molar-refractivity contribution in [2.45, 2.75) is 20.8 Å². The van der Waals surface area contributed by atoms with Crippen LogP contribution in [-0.2, 0) is 0 Å². The van der Waals surface area contributed by atoms with E-state index in [1.807, 2.05) is 32.9 Å². The minimum absolute atomic E-state index is 0.263. The van der Waals surface area contributed by atoms with Crippen molar-refractivity contribution in [1.82, 2.24) is 4.98 Å². The van der Waals surface area contributed by atoms with E-state index in [0.29, 0.717) is 29.4 Å². The number of nitrogen functional groups attached to an aromatic ring is 1. The zero-order valence-corrected chi connectivity index (χ0v) is 12.4. The summed E-state index contributed by atoms with van der Waals surface area (Å²) in [5.74, 6) is 0.842. The summed E-state index contributed by atoms with van der Waals surface area (Å²) in [6.07, 6.45) is 0. The molecule has 0 aliphatic carbocycles. The Bertz CT molecular complexity index is 648. The third kappa shape index (κ3) is 3.95. The summed E-state index contributed by atoms with van der Waals surface area (Å²) in [6.45, 7) is 6.24. The van der Waals surface area contributed by atoms with Gasteiger partial charge in [0, 0.05) is 23.0 Å². The molecule has 21 heavy (non-hydrogen) atoms. The van der Waals surface area contributed by atoms with Crippen LogP contribution in [0, 0.1) is 13.8 Å². The van der Waals surface area contributed by atoms with E-state index in [1.54, 1.807) is 18.2 Å². The zero-order chi connectivity index (χ0) is 15.4. The molecule has 0 atom stereocenters. The van der Waals surface area contributed by atoms with Crippen molar-refractivity contribution >= 4 is 17.4 Å². The van der Waals surface area contributed by atoms with Gasteiger partial charge in [0.05, 0.1) is 6.61 Å². The summed E-state index contributed by atoms with van der Waals surface area (Å²) >= 11 is 0. The van der Waals surface area contributed by atoms with E-state index in [4.69, 9.17) is 10.5 Å². The van der Waals surface area contributed by atoms with E-state index < -0.39 is 0 Å². The van der Waals surface area contributed by atoms with Gasteiger partial charge in [-0.15, -0.1) is 0 Å². The Balaban J connectivity index is 2.23. The monoisotopic (exact) mass is 285 g/mol. The number of pyridine rings is 1. The van der Waals surface area contributed by atoms with E-state index in [-0.39, 0.29) is 5.91 Å². The van der Waals surface area contributed by atoms with Gasteiger partial charge in [-0.25, -0.2) is 4.98 Å². The highest BCUT2D eigenvalue weighted by Crippen LogP contribution is 2.20. The minimum atomic E-state index is -0.263. The lowest BCUT2D eigenvalue weighted by molar-refractivity contribution is 0.102. The largest absolute Gasteiger partial charge is 0.494 e. The first-order valence-electron chi connectivity index (χ1n) is 6.78. The van der Waals surface area contributed by atoms with E-state index in [9.17, 15) is 4.79 Å². The number of rotatable bonds is 4. The molecule has 1 aromatic heterocycles. The van der Waals surface area contributed by atoms with Crippen LogP contribution in [0.15, 0.2) is 30.3 Å². The molecule has 5 nitrogen and oxygen atoms in total. The Kier molecular flexibility index (Phi) is 4.42. The van der Waals surface area contributed by atoms with E-state index >= 15 is 0 Å². The second kappa shape index (κ2) is 6.26. The Morgan fingerprint density at radius 3 is 2.67 bits per heavy atom. The predicted molar refractivity (Wildman–Crippen MR) is 83.7 cm³/mol. The number of amides is 1. The average Bonchev–Trinajstić information content (AvgIpc) is 2.37. The Hall–Kier alpha value is -2.56. The summed E-state index contributed by atoms with van der Waals surface area (Å²) in [5, 5.41) is 2.78. The van der Waals surface area contributed by atoms with Crippen molar-refractivity contribution in [2.75, 3.05) is 17.7 Å². The van der Waals surface area contributed by atoms with Gasteiger partial charge in [-0.2, -0.15) is 0 Å². The van der Waals surface area contributed by atoms with E-state index in [2.05, 4.69) is 10.3 Å². The predicted octanol–water partition coefficient (Wildman–Crippen LogP) is 2.93. The standard InChI is InChI=1S/C16H19N3O2/c1-4-21-14-8-12(7-13(17)9-14)16(20)19-15-6-10(2)5-11(3)18-15/h5-9H,4,17H2,1-3H3,(H,18,19,20). The summed E-state index contributed by atoms with van der Waals surface area (Å²) in [7, 11) is 0. The van der Waals surface area contributed by atoms with Crippen LogP contribution in [-0.4, -0.2) is 17.5 Å². The van der Waals surface area contributed by atoms with Crippen LogP contribution >= 0.6 is 0 Å². The molecule has 0 unspecified atom stereocenters. The molecule has 0 aliphatic heterocycles. The molecule has 0 bridgehead atoms. The highest BCUT2D eigenvalue weighted by Gasteiger charge is 2.10. The lowest BCUT2D eigenvalue weighted by Crippen LogP contribution is -2.14. The van der Waals surface area contributed by atoms with Crippen LogP contribution in [0.2, 0.25) is 0 Å². The topological polar surface area (TPSA) is 77.2 Å². The number of nitrogens with two attached hydrogens (primary N) is 1. The fraction of sp³-hybridized carbons (Fsp3) is 0.250. The normalized spacial score (nSPS) is 10.2. The van der Waals surface area contributed by atoms with Crippen LogP contribution in [0.5, 0.6) is 5.75 Å². The van der Waals surface area contributed by atoms with Gasteiger partial charge >= 0.3 is 0 Å². The number of aryl methyl sites for hydroxylation is 2. The molecule has 0 radical (unpaired) electrons. The molecule has 5 heteroatoms. The molecule has 0 fully saturated rings. The number of carbonyl (C=O) groups is 1.